The minimum atomic E-state index is -0.0982. The topological polar surface area (TPSA) is 62.3 Å². The molecule has 4 rings (SSSR count). The van der Waals surface area contributed by atoms with Crippen LogP contribution in [-0.2, 0) is 28.9 Å². The van der Waals surface area contributed by atoms with Crippen LogP contribution in [0.5, 0.6) is 0 Å². The molecule has 0 aliphatic carbocycles. The first-order valence-electron chi connectivity index (χ1n) is 10.8. The molecule has 31 heavy (non-hydrogen) atoms. The van der Waals surface area contributed by atoms with Crippen molar-refractivity contribution in [2.75, 3.05) is 18.4 Å². The largest absolute Gasteiger partial charge is 0.342 e. The molecule has 1 aromatic heterocycles. The number of hydrogen-bond acceptors (Lipinski definition) is 4. The zero-order chi connectivity index (χ0) is 21.5. The first-order valence-corrected chi connectivity index (χ1v) is 11.6. The van der Waals surface area contributed by atoms with Crippen molar-refractivity contribution >= 4 is 28.3 Å². The van der Waals surface area contributed by atoms with E-state index in [1.54, 1.807) is 0 Å². The molecule has 2 heterocycles. The van der Waals surface area contributed by atoms with Gasteiger partial charge in [-0.3, -0.25) is 9.59 Å². The van der Waals surface area contributed by atoms with Crippen LogP contribution in [0.1, 0.15) is 29.7 Å². The molecule has 160 valence electrons. The van der Waals surface area contributed by atoms with Gasteiger partial charge >= 0.3 is 0 Å². The summed E-state index contributed by atoms with van der Waals surface area (Å²) in [7, 11) is 0. The van der Waals surface area contributed by atoms with Crippen LogP contribution in [0.3, 0.4) is 0 Å². The molecule has 5 nitrogen and oxygen atoms in total. The Hall–Kier alpha value is -2.99. The molecule has 2 amide bonds. The highest BCUT2D eigenvalue weighted by Crippen LogP contribution is 2.23. The molecule has 0 saturated carbocycles. The molecule has 1 aliphatic heterocycles. The number of aromatic nitrogens is 1. The third-order valence-electron chi connectivity index (χ3n) is 5.67. The Labute approximate surface area is 187 Å². The highest BCUT2D eigenvalue weighted by molar-refractivity contribution is 7.13. The molecule has 3 aromatic rings. The number of nitrogens with one attached hydrogen (secondary N) is 1. The monoisotopic (exact) mass is 433 g/mol. The average molecular weight is 434 g/mol. The van der Waals surface area contributed by atoms with Crippen molar-refractivity contribution < 1.29 is 9.59 Å². The van der Waals surface area contributed by atoms with Crippen LogP contribution in [0.4, 0.5) is 5.13 Å². The number of hydrogen-bond donors (Lipinski definition) is 1. The first-order chi connectivity index (χ1) is 15.2. The van der Waals surface area contributed by atoms with Gasteiger partial charge in [0.25, 0.3) is 0 Å². The molecule has 0 spiro atoms. The first kappa shape index (κ1) is 21.2. The van der Waals surface area contributed by atoms with Crippen LogP contribution in [-0.4, -0.2) is 34.8 Å². The minimum Gasteiger partial charge on any atom is -0.342 e. The summed E-state index contributed by atoms with van der Waals surface area (Å²) >= 11 is 1.36. The molecule has 0 radical (unpaired) electrons. The Morgan fingerprint density at radius 3 is 2.26 bits per heavy atom. The molecule has 1 saturated heterocycles. The van der Waals surface area contributed by atoms with Gasteiger partial charge in [-0.2, -0.15) is 0 Å². The number of likely N-dealkylation sites (tertiary alicyclic amines) is 1. The highest BCUT2D eigenvalue weighted by Gasteiger charge is 2.23. The average Bonchev–Trinajstić information content (AvgIpc) is 3.22. The van der Waals surface area contributed by atoms with Gasteiger partial charge in [-0.25, -0.2) is 4.98 Å². The summed E-state index contributed by atoms with van der Waals surface area (Å²) in [5.74, 6) is 0.654. The summed E-state index contributed by atoms with van der Waals surface area (Å²) in [6.07, 6.45) is 3.76. The van der Waals surface area contributed by atoms with Crippen LogP contribution in [0, 0.1) is 5.92 Å². The standard InChI is InChI=1S/C25H27N3O2S/c29-23(16-20-9-5-2-6-10-20)27-25-26-22(18-31-25)17-24(30)28-13-11-21(12-14-28)15-19-7-3-1-4-8-19/h1-10,18,21H,11-17H2,(H,26,27,29). The Morgan fingerprint density at radius 2 is 1.58 bits per heavy atom. The van der Waals surface area contributed by atoms with Crippen molar-refractivity contribution in [3.8, 4) is 0 Å². The number of anilines is 1. The lowest BCUT2D eigenvalue weighted by Crippen LogP contribution is -2.39. The lowest BCUT2D eigenvalue weighted by atomic mass is 9.90. The van der Waals surface area contributed by atoms with E-state index in [0.717, 1.165) is 43.6 Å². The molecule has 1 aliphatic rings. The van der Waals surface area contributed by atoms with E-state index in [4.69, 9.17) is 0 Å². The molecular formula is C25H27N3O2S. The molecule has 1 N–H and O–H groups in total. The lowest BCUT2D eigenvalue weighted by molar-refractivity contribution is -0.131. The lowest BCUT2D eigenvalue weighted by Gasteiger charge is -2.32. The van der Waals surface area contributed by atoms with Crippen molar-refractivity contribution in [2.24, 2.45) is 5.92 Å². The van der Waals surface area contributed by atoms with Crippen LogP contribution in [0.15, 0.2) is 66.0 Å². The highest BCUT2D eigenvalue weighted by atomic mass is 32.1. The Bertz CT molecular complexity index is 996. The number of rotatable bonds is 7. The normalized spacial score (nSPS) is 14.4. The number of amides is 2. The van der Waals surface area contributed by atoms with E-state index in [0.29, 0.717) is 17.5 Å². The number of benzene rings is 2. The fourth-order valence-corrected chi connectivity index (χ4v) is 4.72. The predicted molar refractivity (Wildman–Crippen MR) is 124 cm³/mol. The van der Waals surface area contributed by atoms with E-state index in [1.807, 2.05) is 46.7 Å². The third-order valence-corrected chi connectivity index (χ3v) is 6.48. The molecule has 0 bridgehead atoms. The summed E-state index contributed by atoms with van der Waals surface area (Å²) in [5, 5.41) is 5.24. The quantitative estimate of drug-likeness (QED) is 0.603. The van der Waals surface area contributed by atoms with Gasteiger partial charge in [0.2, 0.25) is 11.8 Å². The Kier molecular flexibility index (Phi) is 7.10. The maximum absolute atomic E-state index is 12.7. The second-order valence-electron chi connectivity index (χ2n) is 8.05. The van der Waals surface area contributed by atoms with Gasteiger partial charge in [0, 0.05) is 18.5 Å². The molecule has 1 fully saturated rings. The van der Waals surface area contributed by atoms with E-state index in [9.17, 15) is 9.59 Å². The van der Waals surface area contributed by atoms with Gasteiger partial charge < -0.3 is 10.2 Å². The number of nitrogens with zero attached hydrogens (tertiary/aromatic N) is 2. The summed E-state index contributed by atoms with van der Waals surface area (Å²) in [6, 6.07) is 20.2. The van der Waals surface area contributed by atoms with E-state index in [2.05, 4.69) is 34.6 Å². The van der Waals surface area contributed by atoms with Crippen molar-refractivity contribution in [1.29, 1.82) is 0 Å². The van der Waals surface area contributed by atoms with Crippen molar-refractivity contribution in [1.82, 2.24) is 9.88 Å². The van der Waals surface area contributed by atoms with Crippen molar-refractivity contribution in [2.45, 2.75) is 32.1 Å². The fourth-order valence-electron chi connectivity index (χ4n) is 3.99. The maximum atomic E-state index is 12.7. The molecule has 6 heteroatoms. The van der Waals surface area contributed by atoms with E-state index >= 15 is 0 Å². The fraction of sp³-hybridized carbons (Fsp3) is 0.320. The smallest absolute Gasteiger partial charge is 0.230 e. The van der Waals surface area contributed by atoms with Gasteiger partial charge in [-0.05, 0) is 36.3 Å². The minimum absolute atomic E-state index is 0.0982. The molecule has 2 aromatic carbocycles. The van der Waals surface area contributed by atoms with Crippen LogP contribution in [0.25, 0.3) is 0 Å². The second-order valence-corrected chi connectivity index (χ2v) is 8.90. The molecule has 0 atom stereocenters. The summed E-state index contributed by atoms with van der Waals surface area (Å²) < 4.78 is 0. The van der Waals surface area contributed by atoms with Gasteiger partial charge in [-0.1, -0.05) is 60.7 Å². The number of carbonyl (C=O) groups is 2. The third kappa shape index (κ3) is 6.25. The summed E-state index contributed by atoms with van der Waals surface area (Å²) in [6.45, 7) is 1.61. The van der Waals surface area contributed by atoms with Crippen molar-refractivity contribution in [3.05, 3.63) is 82.9 Å². The second kappa shape index (κ2) is 10.4. The molecule has 0 unspecified atom stereocenters. The van der Waals surface area contributed by atoms with Crippen molar-refractivity contribution in [3.63, 3.8) is 0 Å². The van der Waals surface area contributed by atoms with Gasteiger partial charge in [0.05, 0.1) is 18.5 Å². The van der Waals surface area contributed by atoms with E-state index in [1.165, 1.54) is 16.9 Å². The van der Waals surface area contributed by atoms with Gasteiger partial charge in [-0.15, -0.1) is 11.3 Å². The van der Waals surface area contributed by atoms with Crippen LogP contribution >= 0.6 is 11.3 Å². The number of carbonyl (C=O) groups excluding carboxylic acids is 2. The predicted octanol–water partition coefficient (Wildman–Crippen LogP) is 4.35. The summed E-state index contributed by atoms with van der Waals surface area (Å²) in [4.78, 5) is 31.3. The van der Waals surface area contributed by atoms with Crippen LogP contribution in [0.2, 0.25) is 0 Å². The van der Waals surface area contributed by atoms with E-state index in [-0.39, 0.29) is 18.2 Å². The zero-order valence-electron chi connectivity index (χ0n) is 17.5. The van der Waals surface area contributed by atoms with Crippen LogP contribution < -0.4 is 5.32 Å². The Balaban J connectivity index is 1.22. The summed E-state index contributed by atoms with van der Waals surface area (Å²) in [5.41, 5.74) is 3.05. The van der Waals surface area contributed by atoms with E-state index < -0.39 is 0 Å². The number of piperidine rings is 1. The zero-order valence-corrected chi connectivity index (χ0v) is 18.3. The molecular weight excluding hydrogens is 406 g/mol. The number of thiazole rings is 1. The van der Waals surface area contributed by atoms with Gasteiger partial charge in [0.15, 0.2) is 5.13 Å². The SMILES string of the molecule is O=C(Cc1ccccc1)Nc1nc(CC(=O)N2CCC(Cc3ccccc3)CC2)cs1. The Morgan fingerprint density at radius 1 is 0.935 bits per heavy atom. The maximum Gasteiger partial charge on any atom is 0.230 e. The van der Waals surface area contributed by atoms with Gasteiger partial charge in [0.1, 0.15) is 0 Å².